The smallest absolute Gasteiger partial charge is 0.352 e. The van der Waals surface area contributed by atoms with E-state index in [-0.39, 0.29) is 5.56 Å². The molecule has 0 fully saturated rings. The summed E-state index contributed by atoms with van der Waals surface area (Å²) in [5.41, 5.74) is -0.756. The second-order valence-electron chi connectivity index (χ2n) is 2.89. The van der Waals surface area contributed by atoms with E-state index in [4.69, 9.17) is 9.47 Å². The van der Waals surface area contributed by atoms with Crippen LogP contribution < -0.4 is 0 Å². The van der Waals surface area contributed by atoms with Crippen LogP contribution in [0.5, 0.6) is 0 Å². The van der Waals surface area contributed by atoms with Crippen molar-refractivity contribution in [3.05, 3.63) is 35.4 Å². The van der Waals surface area contributed by atoms with Crippen LogP contribution in [0.1, 0.15) is 17.4 Å². The normalized spacial score (nSPS) is 12.1. The number of hydrogen-bond acceptors (Lipinski definition) is 2. The third kappa shape index (κ3) is 2.70. The first-order valence-electron chi connectivity index (χ1n) is 4.22. The summed E-state index contributed by atoms with van der Waals surface area (Å²) in [5, 5.41) is 0. The molecule has 2 nitrogen and oxygen atoms in total. The quantitative estimate of drug-likeness (QED) is 0.729. The summed E-state index contributed by atoms with van der Waals surface area (Å²) >= 11 is 0. The predicted octanol–water partition coefficient (Wildman–Crippen LogP) is 3.00. The lowest BCUT2D eigenvalue weighted by atomic mass is 10.1. The van der Waals surface area contributed by atoms with E-state index in [1.807, 2.05) is 0 Å². The van der Waals surface area contributed by atoms with Crippen molar-refractivity contribution in [2.45, 2.75) is 12.5 Å². The Balaban J connectivity index is 3.17. The number of halogens is 3. The minimum absolute atomic E-state index is 0.0185. The molecule has 0 N–H and O–H groups in total. The van der Waals surface area contributed by atoms with Gasteiger partial charge in [0.15, 0.2) is 6.29 Å². The molecule has 0 bridgehead atoms. The van der Waals surface area contributed by atoms with Crippen molar-refractivity contribution in [2.75, 3.05) is 14.2 Å². The van der Waals surface area contributed by atoms with E-state index in [0.29, 0.717) is 0 Å². The van der Waals surface area contributed by atoms with Gasteiger partial charge in [0, 0.05) is 19.8 Å². The molecule has 1 aromatic carbocycles. The van der Waals surface area contributed by atoms with Gasteiger partial charge >= 0.3 is 6.18 Å². The number of ether oxygens (including phenoxy) is 2. The lowest BCUT2D eigenvalue weighted by Gasteiger charge is -2.18. The van der Waals surface area contributed by atoms with Crippen LogP contribution in [0, 0.1) is 0 Å². The number of rotatable bonds is 3. The zero-order chi connectivity index (χ0) is 11.5. The predicted molar refractivity (Wildman–Crippen MR) is 48.2 cm³/mol. The van der Waals surface area contributed by atoms with E-state index in [9.17, 15) is 13.2 Å². The molecule has 0 aromatic heterocycles. The maximum atomic E-state index is 12.6. The van der Waals surface area contributed by atoms with Crippen LogP contribution in [0.2, 0.25) is 0 Å². The van der Waals surface area contributed by atoms with E-state index in [1.165, 1.54) is 32.4 Å². The molecule has 0 aliphatic carbocycles. The van der Waals surface area contributed by atoms with Gasteiger partial charge in [-0.3, -0.25) is 0 Å². The largest absolute Gasteiger partial charge is 0.416 e. The van der Waals surface area contributed by atoms with E-state index in [0.717, 1.165) is 6.07 Å². The molecule has 0 unspecified atom stereocenters. The van der Waals surface area contributed by atoms with Gasteiger partial charge in [0.1, 0.15) is 0 Å². The van der Waals surface area contributed by atoms with Gasteiger partial charge in [0.2, 0.25) is 0 Å². The maximum absolute atomic E-state index is 12.6. The fraction of sp³-hybridized carbons (Fsp3) is 0.400. The lowest BCUT2D eigenvalue weighted by molar-refractivity contribution is -0.147. The number of benzene rings is 1. The Morgan fingerprint density at radius 2 is 1.60 bits per heavy atom. The molecule has 5 heteroatoms. The van der Waals surface area contributed by atoms with Crippen LogP contribution in [0.25, 0.3) is 0 Å². The molecule has 1 aromatic rings. The first kappa shape index (κ1) is 12.0. The molecule has 0 aliphatic rings. The van der Waals surface area contributed by atoms with Crippen LogP contribution in [0.4, 0.5) is 13.2 Å². The molecule has 0 heterocycles. The van der Waals surface area contributed by atoms with Gasteiger partial charge in [-0.25, -0.2) is 0 Å². The average Bonchev–Trinajstić information content (AvgIpc) is 2.19. The fourth-order valence-electron chi connectivity index (χ4n) is 1.31. The molecule has 15 heavy (non-hydrogen) atoms. The van der Waals surface area contributed by atoms with Gasteiger partial charge in [-0.05, 0) is 6.07 Å². The molecule has 84 valence electrons. The summed E-state index contributed by atoms with van der Waals surface area (Å²) in [7, 11) is 2.59. The van der Waals surface area contributed by atoms with Crippen molar-refractivity contribution in [1.82, 2.24) is 0 Å². The van der Waals surface area contributed by atoms with Crippen LogP contribution >= 0.6 is 0 Å². The molecule has 0 amide bonds. The highest BCUT2D eigenvalue weighted by atomic mass is 19.4. The van der Waals surface area contributed by atoms with E-state index < -0.39 is 18.0 Å². The lowest BCUT2D eigenvalue weighted by Crippen LogP contribution is -2.14. The van der Waals surface area contributed by atoms with Gasteiger partial charge < -0.3 is 9.47 Å². The maximum Gasteiger partial charge on any atom is 0.416 e. The second kappa shape index (κ2) is 4.63. The molecule has 0 saturated carbocycles. The number of alkyl halides is 3. The summed E-state index contributed by atoms with van der Waals surface area (Å²) in [4.78, 5) is 0. The van der Waals surface area contributed by atoms with Crippen LogP contribution in [0.15, 0.2) is 24.3 Å². The molecule has 0 aliphatic heterocycles. The second-order valence-corrected chi connectivity index (χ2v) is 2.89. The summed E-state index contributed by atoms with van der Waals surface area (Å²) in [6.07, 6.45) is -5.39. The highest BCUT2D eigenvalue weighted by molar-refractivity contribution is 5.30. The molecule has 0 spiro atoms. The van der Waals surface area contributed by atoms with Gasteiger partial charge in [0.25, 0.3) is 0 Å². The summed E-state index contributed by atoms with van der Waals surface area (Å²) in [5.74, 6) is 0. The SMILES string of the molecule is COC(OC)c1ccccc1C(F)(F)F. The first-order valence-corrected chi connectivity index (χ1v) is 4.22. The first-order chi connectivity index (χ1) is 7.00. The van der Waals surface area contributed by atoms with E-state index in [1.54, 1.807) is 0 Å². The van der Waals surface area contributed by atoms with Crippen molar-refractivity contribution in [3.8, 4) is 0 Å². The zero-order valence-corrected chi connectivity index (χ0v) is 8.34. The van der Waals surface area contributed by atoms with Crippen molar-refractivity contribution in [1.29, 1.82) is 0 Å². The Morgan fingerprint density at radius 1 is 1.07 bits per heavy atom. The highest BCUT2D eigenvalue weighted by Gasteiger charge is 2.35. The van der Waals surface area contributed by atoms with Crippen molar-refractivity contribution in [2.24, 2.45) is 0 Å². The van der Waals surface area contributed by atoms with Gasteiger partial charge in [0.05, 0.1) is 5.56 Å². The molecule has 0 atom stereocenters. The standard InChI is InChI=1S/C10H11F3O2/c1-14-9(15-2)7-5-3-4-6-8(7)10(11,12)13/h3-6,9H,1-2H3. The Bertz CT molecular complexity index is 319. The van der Waals surface area contributed by atoms with Crippen molar-refractivity contribution >= 4 is 0 Å². The highest BCUT2D eigenvalue weighted by Crippen LogP contribution is 2.35. The fourth-order valence-corrected chi connectivity index (χ4v) is 1.31. The minimum Gasteiger partial charge on any atom is -0.352 e. The summed E-state index contributed by atoms with van der Waals surface area (Å²) < 4.78 is 47.3. The van der Waals surface area contributed by atoms with Crippen molar-refractivity contribution < 1.29 is 22.6 Å². The third-order valence-electron chi connectivity index (χ3n) is 1.95. The topological polar surface area (TPSA) is 18.5 Å². The van der Waals surface area contributed by atoms with Gasteiger partial charge in [-0.1, -0.05) is 18.2 Å². The average molecular weight is 220 g/mol. The van der Waals surface area contributed by atoms with E-state index >= 15 is 0 Å². The Hall–Kier alpha value is -1.07. The van der Waals surface area contributed by atoms with Crippen LogP contribution in [-0.2, 0) is 15.7 Å². The van der Waals surface area contributed by atoms with Crippen molar-refractivity contribution in [3.63, 3.8) is 0 Å². The Morgan fingerprint density at radius 3 is 2.07 bits per heavy atom. The van der Waals surface area contributed by atoms with Gasteiger partial charge in [-0.15, -0.1) is 0 Å². The molecular formula is C10H11F3O2. The number of methoxy groups -OCH3 is 2. The summed E-state index contributed by atoms with van der Waals surface area (Å²) in [6.45, 7) is 0. The van der Waals surface area contributed by atoms with Crippen LogP contribution in [-0.4, -0.2) is 14.2 Å². The Labute approximate surface area is 85.6 Å². The zero-order valence-electron chi connectivity index (χ0n) is 8.34. The number of hydrogen-bond donors (Lipinski definition) is 0. The molecular weight excluding hydrogens is 209 g/mol. The van der Waals surface area contributed by atoms with Gasteiger partial charge in [-0.2, -0.15) is 13.2 Å². The third-order valence-corrected chi connectivity index (χ3v) is 1.95. The molecule has 0 saturated heterocycles. The van der Waals surface area contributed by atoms with E-state index in [2.05, 4.69) is 0 Å². The summed E-state index contributed by atoms with van der Waals surface area (Å²) in [6, 6.07) is 5.17. The Kier molecular flexibility index (Phi) is 3.71. The molecule has 0 radical (unpaired) electrons. The minimum atomic E-state index is -4.40. The monoisotopic (exact) mass is 220 g/mol. The molecule has 1 rings (SSSR count). The van der Waals surface area contributed by atoms with Crippen LogP contribution in [0.3, 0.4) is 0 Å².